The number of nitrogens with one attached hydrogen (secondary N) is 1. The maximum Gasteiger partial charge on any atom is 0.193 e. The molecule has 0 aliphatic heterocycles. The van der Waals surface area contributed by atoms with Crippen LogP contribution in [0.2, 0.25) is 0 Å². The van der Waals surface area contributed by atoms with E-state index in [1.165, 1.54) is 19.3 Å². The van der Waals surface area contributed by atoms with E-state index in [1.807, 2.05) is 24.3 Å². The highest BCUT2D eigenvalue weighted by Crippen LogP contribution is 2.54. The van der Waals surface area contributed by atoms with Crippen molar-refractivity contribution in [1.82, 2.24) is 0 Å². The van der Waals surface area contributed by atoms with E-state index < -0.39 is 0 Å². The second kappa shape index (κ2) is 5.11. The van der Waals surface area contributed by atoms with Crippen molar-refractivity contribution >= 4 is 11.6 Å². The Morgan fingerprint density at radius 2 is 2.11 bits per heavy atom. The molecular weight excluding hydrogens is 238 g/mol. The first kappa shape index (κ1) is 12.3. The van der Waals surface area contributed by atoms with Crippen LogP contribution in [0.25, 0.3) is 0 Å². The number of rotatable bonds is 5. The summed E-state index contributed by atoms with van der Waals surface area (Å²) in [6.07, 6.45) is 4.22. The maximum absolute atomic E-state index is 5.90. The van der Waals surface area contributed by atoms with Gasteiger partial charge in [-0.3, -0.25) is 4.99 Å². The first-order valence-electron chi connectivity index (χ1n) is 6.97. The van der Waals surface area contributed by atoms with E-state index in [9.17, 15) is 0 Å². The molecule has 4 heteroatoms. The molecule has 0 heterocycles. The number of nitrogens with two attached hydrogens (primary N) is 1. The monoisotopic (exact) mass is 259 g/mol. The summed E-state index contributed by atoms with van der Waals surface area (Å²) in [7, 11) is 1.66. The molecule has 2 saturated carbocycles. The van der Waals surface area contributed by atoms with Crippen LogP contribution in [0.1, 0.15) is 19.3 Å². The van der Waals surface area contributed by atoms with Crippen LogP contribution in [0.15, 0.2) is 29.3 Å². The molecule has 3 rings (SSSR count). The fourth-order valence-electron chi connectivity index (χ4n) is 2.66. The molecule has 102 valence electrons. The molecule has 1 aromatic rings. The van der Waals surface area contributed by atoms with Crippen molar-refractivity contribution in [2.24, 2.45) is 28.5 Å². The van der Waals surface area contributed by atoms with Gasteiger partial charge in [-0.1, -0.05) is 0 Å². The third-order valence-electron chi connectivity index (χ3n) is 4.06. The highest BCUT2D eigenvalue weighted by molar-refractivity contribution is 5.92. The molecule has 0 saturated heterocycles. The number of ether oxygens (including phenoxy) is 1. The molecule has 0 amide bonds. The third-order valence-corrected chi connectivity index (χ3v) is 4.06. The number of benzene rings is 1. The minimum Gasteiger partial charge on any atom is -0.497 e. The Balaban J connectivity index is 1.47. The van der Waals surface area contributed by atoms with Gasteiger partial charge in [0.25, 0.3) is 0 Å². The Kier molecular flexibility index (Phi) is 3.32. The van der Waals surface area contributed by atoms with Crippen LogP contribution in [-0.4, -0.2) is 19.6 Å². The molecule has 2 aliphatic rings. The lowest BCUT2D eigenvalue weighted by Crippen LogP contribution is -2.23. The van der Waals surface area contributed by atoms with Crippen LogP contribution in [0.5, 0.6) is 5.75 Å². The number of anilines is 1. The largest absolute Gasteiger partial charge is 0.497 e. The summed E-state index contributed by atoms with van der Waals surface area (Å²) in [6, 6.07) is 7.68. The van der Waals surface area contributed by atoms with Gasteiger partial charge in [-0.15, -0.1) is 0 Å². The molecular formula is C15H21N3O. The molecule has 0 aromatic heterocycles. The normalized spacial score (nSPS) is 26.1. The molecule has 2 aliphatic carbocycles. The SMILES string of the molecule is COc1ccc(NC(N)=NC[C@@H]2C[C@H]2C2CC2)cc1. The number of nitrogens with zero attached hydrogens (tertiary/aromatic N) is 1. The Bertz CT molecular complexity index is 465. The molecule has 3 N–H and O–H groups in total. The predicted molar refractivity (Wildman–Crippen MR) is 77.4 cm³/mol. The topological polar surface area (TPSA) is 59.6 Å². The van der Waals surface area contributed by atoms with Crippen molar-refractivity contribution in [3.05, 3.63) is 24.3 Å². The van der Waals surface area contributed by atoms with E-state index in [4.69, 9.17) is 10.5 Å². The zero-order valence-corrected chi connectivity index (χ0v) is 11.3. The van der Waals surface area contributed by atoms with Crippen molar-refractivity contribution < 1.29 is 4.74 Å². The van der Waals surface area contributed by atoms with Gasteiger partial charge in [-0.2, -0.15) is 0 Å². The van der Waals surface area contributed by atoms with Crippen LogP contribution >= 0.6 is 0 Å². The summed E-state index contributed by atoms with van der Waals surface area (Å²) in [6.45, 7) is 0.871. The van der Waals surface area contributed by atoms with Gasteiger partial charge in [0.15, 0.2) is 5.96 Å². The summed E-state index contributed by atoms with van der Waals surface area (Å²) in [5.74, 6) is 4.08. The molecule has 1 aromatic carbocycles. The number of hydrogen-bond donors (Lipinski definition) is 2. The van der Waals surface area contributed by atoms with Crippen molar-refractivity contribution in [1.29, 1.82) is 0 Å². The molecule has 2 fully saturated rings. The fraction of sp³-hybridized carbons (Fsp3) is 0.533. The molecule has 2 atom stereocenters. The van der Waals surface area contributed by atoms with Gasteiger partial charge in [0.2, 0.25) is 0 Å². The van der Waals surface area contributed by atoms with Crippen molar-refractivity contribution in [2.45, 2.75) is 19.3 Å². The second-order valence-electron chi connectivity index (χ2n) is 5.58. The van der Waals surface area contributed by atoms with Crippen LogP contribution in [0.4, 0.5) is 5.69 Å². The van der Waals surface area contributed by atoms with E-state index in [2.05, 4.69) is 10.3 Å². The van der Waals surface area contributed by atoms with Crippen LogP contribution in [-0.2, 0) is 0 Å². The van der Waals surface area contributed by atoms with E-state index in [-0.39, 0.29) is 0 Å². The average Bonchev–Trinajstić information content (AvgIpc) is 3.28. The van der Waals surface area contributed by atoms with Crippen molar-refractivity contribution in [3.63, 3.8) is 0 Å². The van der Waals surface area contributed by atoms with E-state index in [1.54, 1.807) is 7.11 Å². The number of guanidine groups is 1. The van der Waals surface area contributed by atoms with Crippen molar-refractivity contribution in [3.8, 4) is 5.75 Å². The lowest BCUT2D eigenvalue weighted by atomic mass is 10.2. The summed E-state index contributed by atoms with van der Waals surface area (Å²) >= 11 is 0. The van der Waals surface area contributed by atoms with E-state index in [0.717, 1.165) is 35.7 Å². The minimum atomic E-state index is 0.506. The summed E-state index contributed by atoms with van der Waals surface area (Å²) in [5, 5.41) is 3.11. The number of aliphatic imine (C=N–C) groups is 1. The highest BCUT2D eigenvalue weighted by atomic mass is 16.5. The first-order valence-corrected chi connectivity index (χ1v) is 6.97. The maximum atomic E-state index is 5.90. The van der Waals surface area contributed by atoms with Crippen LogP contribution in [0.3, 0.4) is 0 Å². The summed E-state index contributed by atoms with van der Waals surface area (Å²) in [4.78, 5) is 4.44. The molecule has 0 unspecified atom stereocenters. The van der Waals surface area contributed by atoms with Gasteiger partial charge >= 0.3 is 0 Å². The Hall–Kier alpha value is -1.71. The smallest absolute Gasteiger partial charge is 0.193 e. The quantitative estimate of drug-likeness (QED) is 0.631. The predicted octanol–water partition coefficient (Wildman–Crippen LogP) is 2.47. The van der Waals surface area contributed by atoms with Gasteiger partial charge in [0.1, 0.15) is 5.75 Å². The van der Waals surface area contributed by atoms with Gasteiger partial charge in [0, 0.05) is 12.2 Å². The first-order chi connectivity index (χ1) is 9.26. The van der Waals surface area contributed by atoms with Gasteiger partial charge in [-0.25, -0.2) is 0 Å². The molecule has 0 spiro atoms. The Labute approximate surface area is 114 Å². The summed E-state index contributed by atoms with van der Waals surface area (Å²) in [5.41, 5.74) is 6.84. The van der Waals surface area contributed by atoms with Crippen molar-refractivity contribution in [2.75, 3.05) is 19.0 Å². The minimum absolute atomic E-state index is 0.506. The Morgan fingerprint density at radius 1 is 1.37 bits per heavy atom. The molecule has 0 radical (unpaired) electrons. The second-order valence-corrected chi connectivity index (χ2v) is 5.58. The van der Waals surface area contributed by atoms with Gasteiger partial charge in [0.05, 0.1) is 7.11 Å². The molecule has 4 nitrogen and oxygen atoms in total. The molecule has 0 bridgehead atoms. The van der Waals surface area contributed by atoms with E-state index >= 15 is 0 Å². The lowest BCUT2D eigenvalue weighted by molar-refractivity contribution is 0.415. The highest BCUT2D eigenvalue weighted by Gasteiger charge is 2.46. The third kappa shape index (κ3) is 3.19. The van der Waals surface area contributed by atoms with Crippen LogP contribution < -0.4 is 15.8 Å². The zero-order valence-electron chi connectivity index (χ0n) is 11.3. The number of hydrogen-bond acceptors (Lipinski definition) is 2. The summed E-state index contributed by atoms with van der Waals surface area (Å²) < 4.78 is 5.11. The fourth-order valence-corrected chi connectivity index (χ4v) is 2.66. The molecule has 19 heavy (non-hydrogen) atoms. The standard InChI is InChI=1S/C15H21N3O/c1-19-13-6-4-12(5-7-13)18-15(16)17-9-11-8-14(11)10-2-3-10/h4-7,10-11,14H,2-3,8-9H2,1H3,(H3,16,17,18)/t11-,14-/m0/s1. The average molecular weight is 259 g/mol. The zero-order chi connectivity index (χ0) is 13.2. The van der Waals surface area contributed by atoms with Gasteiger partial charge < -0.3 is 15.8 Å². The Morgan fingerprint density at radius 3 is 2.74 bits per heavy atom. The van der Waals surface area contributed by atoms with Gasteiger partial charge in [-0.05, 0) is 61.3 Å². The van der Waals surface area contributed by atoms with Crippen LogP contribution in [0, 0.1) is 17.8 Å². The number of methoxy groups -OCH3 is 1. The van der Waals surface area contributed by atoms with E-state index in [0.29, 0.717) is 5.96 Å². The lowest BCUT2D eigenvalue weighted by Gasteiger charge is -2.06.